The summed E-state index contributed by atoms with van der Waals surface area (Å²) < 4.78 is 25.9. The van der Waals surface area contributed by atoms with Crippen molar-refractivity contribution >= 4 is 22.6 Å². The number of rotatable bonds is 7. The summed E-state index contributed by atoms with van der Waals surface area (Å²) in [5.74, 6) is 0.105. The summed E-state index contributed by atoms with van der Waals surface area (Å²) in [7, 11) is -3.85. The van der Waals surface area contributed by atoms with E-state index in [1.54, 1.807) is 0 Å². The average molecular weight is 525 g/mol. The highest BCUT2D eigenvalue weighted by atomic mass is 28.4. The zero-order valence-corrected chi connectivity index (χ0v) is 26.2. The van der Waals surface area contributed by atoms with E-state index in [9.17, 15) is 4.79 Å². The summed E-state index contributed by atoms with van der Waals surface area (Å²) >= 11 is 0. The number of carbonyl (C=O) groups excluding carboxylic acids is 1. The van der Waals surface area contributed by atoms with Gasteiger partial charge in [-0.3, -0.25) is 0 Å². The molecule has 2 aliphatic carbocycles. The second-order valence-electron chi connectivity index (χ2n) is 14.3. The lowest BCUT2D eigenvalue weighted by Gasteiger charge is -2.42. The Kier molecular flexibility index (Phi) is 8.60. The third-order valence-electron chi connectivity index (χ3n) is 9.60. The molecule has 7 heteroatoms. The molecule has 2 fully saturated rings. The second kappa shape index (κ2) is 10.4. The van der Waals surface area contributed by atoms with E-state index in [0.29, 0.717) is 25.6 Å². The number of esters is 1. The number of carbonyl (C=O) groups is 1. The standard InChI is InChI=1S/C28H52O5Si2/c1-26(2,3)34(7,8)30-19-21-16-17-23(20-31-35(9,10)27(4,5)6)28(18-21)25(29)32-24(33-28)22-14-12-11-13-15-22/h16-17,21-24H,11-15,18-20H2,1-10H3/t21-,23-,24+,28+/m1/s1. The Morgan fingerprint density at radius 1 is 0.886 bits per heavy atom. The molecule has 0 amide bonds. The molecule has 1 saturated heterocycles. The van der Waals surface area contributed by atoms with E-state index in [1.807, 2.05) is 0 Å². The minimum Gasteiger partial charge on any atom is -0.433 e. The van der Waals surface area contributed by atoms with Crippen LogP contribution in [0.25, 0.3) is 0 Å². The van der Waals surface area contributed by atoms with E-state index in [0.717, 1.165) is 12.8 Å². The molecule has 0 aromatic heterocycles. The molecule has 0 radical (unpaired) electrons. The van der Waals surface area contributed by atoms with E-state index in [2.05, 4.69) is 79.9 Å². The van der Waals surface area contributed by atoms with Gasteiger partial charge in [-0.15, -0.1) is 0 Å². The van der Waals surface area contributed by atoms with Crippen LogP contribution < -0.4 is 0 Å². The Bertz CT molecular complexity index is 773. The van der Waals surface area contributed by atoms with Crippen LogP contribution in [-0.2, 0) is 23.1 Å². The number of ether oxygens (including phenoxy) is 2. The van der Waals surface area contributed by atoms with Crippen molar-refractivity contribution in [2.24, 2.45) is 17.8 Å². The van der Waals surface area contributed by atoms with Crippen LogP contribution in [0.2, 0.25) is 36.3 Å². The van der Waals surface area contributed by atoms with E-state index in [-0.39, 0.29) is 27.9 Å². The van der Waals surface area contributed by atoms with Crippen LogP contribution in [0, 0.1) is 17.8 Å². The van der Waals surface area contributed by atoms with Gasteiger partial charge in [0.05, 0.1) is 0 Å². The second-order valence-corrected chi connectivity index (χ2v) is 23.9. The molecule has 1 aliphatic heterocycles. The molecule has 1 spiro atoms. The molecule has 1 saturated carbocycles. The first-order valence-electron chi connectivity index (χ1n) is 13.8. The maximum Gasteiger partial charge on any atom is 0.341 e. The SMILES string of the molecule is CC(C)(C)[Si](C)(C)OC[C@@H]1C=C[C@H](CO[Si](C)(C)C(C)(C)C)[C@]2(C1)O[C@@H](C1CCCCC1)OC2=O. The molecule has 0 bridgehead atoms. The van der Waals surface area contributed by atoms with Crippen LogP contribution >= 0.6 is 0 Å². The van der Waals surface area contributed by atoms with Gasteiger partial charge in [0.1, 0.15) is 0 Å². The lowest BCUT2D eigenvalue weighted by atomic mass is 9.75. The van der Waals surface area contributed by atoms with Gasteiger partial charge in [-0.05, 0) is 55.5 Å². The van der Waals surface area contributed by atoms with Gasteiger partial charge in [-0.1, -0.05) is 73.0 Å². The fourth-order valence-corrected chi connectivity index (χ4v) is 6.95. The highest BCUT2D eigenvalue weighted by molar-refractivity contribution is 6.74. The minimum atomic E-state index is -1.97. The van der Waals surface area contributed by atoms with Crippen molar-refractivity contribution in [2.45, 2.75) is 128 Å². The zero-order valence-electron chi connectivity index (χ0n) is 24.2. The summed E-state index contributed by atoms with van der Waals surface area (Å²) in [6.45, 7) is 23.7. The van der Waals surface area contributed by atoms with Gasteiger partial charge in [-0.25, -0.2) is 4.79 Å². The molecule has 5 nitrogen and oxygen atoms in total. The zero-order chi connectivity index (χ0) is 26.3. The molecule has 35 heavy (non-hydrogen) atoms. The van der Waals surface area contributed by atoms with Crippen molar-refractivity contribution in [3.05, 3.63) is 12.2 Å². The van der Waals surface area contributed by atoms with Crippen LogP contribution in [0.1, 0.15) is 80.1 Å². The molecule has 1 heterocycles. The van der Waals surface area contributed by atoms with Gasteiger partial charge >= 0.3 is 5.97 Å². The Morgan fingerprint density at radius 2 is 1.43 bits per heavy atom. The van der Waals surface area contributed by atoms with Crippen LogP contribution in [0.3, 0.4) is 0 Å². The number of hydrogen-bond donors (Lipinski definition) is 0. The predicted octanol–water partition coefficient (Wildman–Crippen LogP) is 7.44. The van der Waals surface area contributed by atoms with Crippen molar-refractivity contribution in [3.63, 3.8) is 0 Å². The van der Waals surface area contributed by atoms with Gasteiger partial charge in [-0.2, -0.15) is 0 Å². The number of cyclic esters (lactones) is 1. The van der Waals surface area contributed by atoms with Crippen LogP contribution in [0.4, 0.5) is 0 Å². The van der Waals surface area contributed by atoms with E-state index >= 15 is 0 Å². The van der Waals surface area contributed by atoms with Gasteiger partial charge in [0.25, 0.3) is 0 Å². The molecular weight excluding hydrogens is 472 g/mol. The third-order valence-corrected chi connectivity index (χ3v) is 18.6. The first-order chi connectivity index (χ1) is 16.0. The van der Waals surface area contributed by atoms with Crippen LogP contribution in [0.15, 0.2) is 12.2 Å². The van der Waals surface area contributed by atoms with Crippen LogP contribution in [-0.4, -0.2) is 47.7 Å². The molecule has 0 unspecified atom stereocenters. The topological polar surface area (TPSA) is 54.0 Å². The van der Waals surface area contributed by atoms with Crippen molar-refractivity contribution in [1.29, 1.82) is 0 Å². The highest BCUT2D eigenvalue weighted by Crippen LogP contribution is 2.47. The normalized spacial score (nSPS) is 31.3. The molecule has 3 rings (SSSR count). The van der Waals surface area contributed by atoms with Crippen LogP contribution in [0.5, 0.6) is 0 Å². The lowest BCUT2D eigenvalue weighted by Crippen LogP contribution is -2.52. The molecule has 0 N–H and O–H groups in total. The average Bonchev–Trinajstić information content (AvgIpc) is 3.07. The monoisotopic (exact) mass is 524 g/mol. The van der Waals surface area contributed by atoms with Crippen molar-refractivity contribution in [3.8, 4) is 0 Å². The Morgan fingerprint density at radius 3 is 1.97 bits per heavy atom. The molecule has 0 aromatic carbocycles. The number of hydrogen-bond acceptors (Lipinski definition) is 5. The van der Waals surface area contributed by atoms with Crippen molar-refractivity contribution < 1.29 is 23.1 Å². The Hall–Kier alpha value is -0.476. The maximum atomic E-state index is 13.6. The summed E-state index contributed by atoms with van der Waals surface area (Å²) in [5.41, 5.74) is -0.972. The molecule has 0 aromatic rings. The van der Waals surface area contributed by atoms with Gasteiger partial charge in [0.2, 0.25) is 6.29 Å². The van der Waals surface area contributed by atoms with Gasteiger partial charge in [0, 0.05) is 31.0 Å². The lowest BCUT2D eigenvalue weighted by molar-refractivity contribution is -0.149. The Balaban J connectivity index is 1.81. The van der Waals surface area contributed by atoms with Crippen molar-refractivity contribution in [2.75, 3.05) is 13.2 Å². The molecular formula is C28H52O5Si2. The molecule has 4 atom stereocenters. The Labute approximate surface area is 217 Å². The third kappa shape index (κ3) is 6.33. The smallest absolute Gasteiger partial charge is 0.341 e. The fourth-order valence-electron chi connectivity index (χ4n) is 4.86. The fraction of sp³-hybridized carbons (Fsp3) is 0.893. The van der Waals surface area contributed by atoms with E-state index in [1.165, 1.54) is 19.3 Å². The van der Waals surface area contributed by atoms with E-state index < -0.39 is 28.5 Å². The minimum absolute atomic E-state index is 0.111. The summed E-state index contributed by atoms with van der Waals surface area (Å²) in [5, 5.41) is 0.261. The quantitative estimate of drug-likeness (QED) is 0.197. The largest absolute Gasteiger partial charge is 0.433 e. The predicted molar refractivity (Wildman–Crippen MR) is 147 cm³/mol. The summed E-state index contributed by atoms with van der Waals surface area (Å²) in [6, 6.07) is 0. The van der Waals surface area contributed by atoms with Gasteiger partial charge in [0.15, 0.2) is 22.2 Å². The summed E-state index contributed by atoms with van der Waals surface area (Å²) in [6.07, 6.45) is 10.4. The highest BCUT2D eigenvalue weighted by Gasteiger charge is 2.58. The first kappa shape index (κ1) is 29.1. The first-order valence-corrected chi connectivity index (χ1v) is 19.7. The van der Waals surface area contributed by atoms with Crippen molar-refractivity contribution in [1.82, 2.24) is 0 Å². The van der Waals surface area contributed by atoms with Gasteiger partial charge < -0.3 is 18.3 Å². The molecule has 3 aliphatic rings. The molecule has 202 valence electrons. The van der Waals surface area contributed by atoms with E-state index in [4.69, 9.17) is 18.3 Å². The summed E-state index contributed by atoms with van der Waals surface area (Å²) in [4.78, 5) is 13.6. The maximum absolute atomic E-state index is 13.6.